The molecular formula is C22H20N4O6. The second-order valence-electron chi connectivity index (χ2n) is 7.17. The third kappa shape index (κ3) is 3.85. The number of imide groups is 1. The van der Waals surface area contributed by atoms with Crippen LogP contribution in [-0.4, -0.2) is 46.0 Å². The lowest BCUT2D eigenvalue weighted by Gasteiger charge is -2.23. The van der Waals surface area contributed by atoms with Crippen molar-refractivity contribution in [2.45, 2.75) is 18.9 Å². The summed E-state index contributed by atoms with van der Waals surface area (Å²) in [7, 11) is 1.54. The molecule has 4 rings (SSSR count). The molecule has 1 fully saturated rings. The Kier molecular flexibility index (Phi) is 5.50. The number of anilines is 1. The van der Waals surface area contributed by atoms with Gasteiger partial charge in [-0.15, -0.1) is 0 Å². The summed E-state index contributed by atoms with van der Waals surface area (Å²) in [5, 5.41) is 26.8. The van der Waals surface area contributed by atoms with E-state index in [0.717, 1.165) is 4.57 Å². The number of carbonyl (C=O) groups is 3. The summed E-state index contributed by atoms with van der Waals surface area (Å²) >= 11 is 0. The first-order chi connectivity index (χ1) is 15.4. The Balaban J connectivity index is 1.62. The second-order valence-corrected chi connectivity index (χ2v) is 7.17. The topological polar surface area (TPSA) is 142 Å². The van der Waals surface area contributed by atoms with E-state index in [-0.39, 0.29) is 35.4 Å². The summed E-state index contributed by atoms with van der Waals surface area (Å²) in [4.78, 5) is 39.7. The first-order valence-corrected chi connectivity index (χ1v) is 9.76. The molecule has 1 aromatic heterocycles. The zero-order chi connectivity index (χ0) is 22.8. The molecule has 10 nitrogen and oxygen atoms in total. The standard InChI is InChI=1S/C22H20N4O6/c1-32-14-7-5-13(6-8-14)24-22(31)23-11-12-3-2-4-15-18(12)21(30)26(20(15)29)16-9-10-17(27)25-19(16)28/h2-8,11,16,29-30H,9-10H2,1H3,(H,24,31)(H,25,27,28). The number of carbonyl (C=O) groups excluding carboxylic acids is 3. The third-order valence-corrected chi connectivity index (χ3v) is 5.20. The van der Waals surface area contributed by atoms with Gasteiger partial charge in [0, 0.05) is 29.3 Å². The van der Waals surface area contributed by atoms with Gasteiger partial charge in [0.05, 0.1) is 12.5 Å². The molecule has 1 atom stereocenters. The Morgan fingerprint density at radius 3 is 2.62 bits per heavy atom. The highest BCUT2D eigenvalue weighted by Crippen LogP contribution is 2.41. The molecule has 0 spiro atoms. The van der Waals surface area contributed by atoms with E-state index in [2.05, 4.69) is 15.6 Å². The van der Waals surface area contributed by atoms with E-state index in [1.54, 1.807) is 49.6 Å². The van der Waals surface area contributed by atoms with Gasteiger partial charge in [0.25, 0.3) is 0 Å². The summed E-state index contributed by atoms with van der Waals surface area (Å²) in [6.45, 7) is 0. The highest BCUT2D eigenvalue weighted by molar-refractivity contribution is 6.09. The number of aromatic nitrogens is 1. The molecule has 164 valence electrons. The smallest absolute Gasteiger partial charge is 0.345 e. The fourth-order valence-corrected chi connectivity index (χ4v) is 3.65. The van der Waals surface area contributed by atoms with Crippen molar-refractivity contribution < 1.29 is 29.3 Å². The lowest BCUT2D eigenvalue weighted by molar-refractivity contribution is -0.135. The van der Waals surface area contributed by atoms with Crippen molar-refractivity contribution in [2.24, 2.45) is 4.99 Å². The number of rotatable bonds is 4. The van der Waals surface area contributed by atoms with Gasteiger partial charge in [-0.2, -0.15) is 0 Å². The van der Waals surface area contributed by atoms with Crippen LogP contribution in [0, 0.1) is 0 Å². The molecular weight excluding hydrogens is 416 g/mol. The number of hydrogen-bond donors (Lipinski definition) is 4. The van der Waals surface area contributed by atoms with E-state index in [0.29, 0.717) is 17.0 Å². The van der Waals surface area contributed by atoms with E-state index in [4.69, 9.17) is 4.74 Å². The fraction of sp³-hybridized carbons (Fsp3) is 0.182. The van der Waals surface area contributed by atoms with Crippen molar-refractivity contribution in [3.63, 3.8) is 0 Å². The summed E-state index contributed by atoms with van der Waals surface area (Å²) in [6, 6.07) is 9.94. The van der Waals surface area contributed by atoms with Gasteiger partial charge in [0.1, 0.15) is 11.8 Å². The highest BCUT2D eigenvalue weighted by atomic mass is 16.5. The molecule has 1 aliphatic rings. The summed E-state index contributed by atoms with van der Waals surface area (Å²) in [5.74, 6) is -1.04. The van der Waals surface area contributed by atoms with Crippen LogP contribution < -0.4 is 15.4 Å². The molecule has 3 aromatic rings. The lowest BCUT2D eigenvalue weighted by Crippen LogP contribution is -2.41. The Bertz CT molecular complexity index is 1250. The van der Waals surface area contributed by atoms with E-state index in [1.807, 2.05) is 0 Å². The molecule has 1 aliphatic heterocycles. The van der Waals surface area contributed by atoms with Crippen LogP contribution in [-0.2, 0) is 9.59 Å². The van der Waals surface area contributed by atoms with Crippen LogP contribution in [0.2, 0.25) is 0 Å². The van der Waals surface area contributed by atoms with Crippen LogP contribution in [0.4, 0.5) is 10.5 Å². The quantitative estimate of drug-likeness (QED) is 0.366. The SMILES string of the molecule is COc1ccc(NC(=O)N=Cc2cccc3c(O)n(C4CCC(=O)NC4=O)c(O)c23)cc1. The van der Waals surface area contributed by atoms with Gasteiger partial charge in [0.2, 0.25) is 23.6 Å². The number of fused-ring (bicyclic) bond motifs is 1. The number of urea groups is 1. The molecule has 0 aliphatic carbocycles. The van der Waals surface area contributed by atoms with Crippen LogP contribution in [0.5, 0.6) is 17.5 Å². The zero-order valence-electron chi connectivity index (χ0n) is 17.0. The van der Waals surface area contributed by atoms with Gasteiger partial charge < -0.3 is 20.3 Å². The molecule has 1 unspecified atom stereocenters. The first kappa shape index (κ1) is 20.9. The Labute approximate surface area is 182 Å². The van der Waals surface area contributed by atoms with E-state index in [1.165, 1.54) is 6.21 Å². The van der Waals surface area contributed by atoms with Gasteiger partial charge in [-0.05, 0) is 36.8 Å². The van der Waals surface area contributed by atoms with E-state index in [9.17, 15) is 24.6 Å². The number of nitrogens with zero attached hydrogens (tertiary/aromatic N) is 2. The Morgan fingerprint density at radius 1 is 1.19 bits per heavy atom. The Morgan fingerprint density at radius 2 is 1.94 bits per heavy atom. The summed E-state index contributed by atoms with van der Waals surface area (Å²) in [6.07, 6.45) is 1.49. The number of aliphatic imine (C=N–C) groups is 1. The minimum absolute atomic E-state index is 0.0870. The van der Waals surface area contributed by atoms with Crippen molar-refractivity contribution in [1.82, 2.24) is 9.88 Å². The predicted octanol–water partition coefficient (Wildman–Crippen LogP) is 2.69. The second kappa shape index (κ2) is 8.42. The molecule has 1 saturated heterocycles. The summed E-state index contributed by atoms with van der Waals surface area (Å²) in [5.41, 5.74) is 0.891. The first-order valence-electron chi connectivity index (χ1n) is 9.76. The van der Waals surface area contributed by atoms with Crippen molar-refractivity contribution in [2.75, 3.05) is 12.4 Å². The van der Waals surface area contributed by atoms with Gasteiger partial charge in [-0.1, -0.05) is 12.1 Å². The molecule has 32 heavy (non-hydrogen) atoms. The van der Waals surface area contributed by atoms with E-state index >= 15 is 0 Å². The number of nitrogens with one attached hydrogen (secondary N) is 2. The molecule has 4 N–H and O–H groups in total. The van der Waals surface area contributed by atoms with Crippen molar-refractivity contribution >= 4 is 40.5 Å². The number of aromatic hydroxyl groups is 2. The maximum atomic E-state index is 12.2. The van der Waals surface area contributed by atoms with Gasteiger partial charge in [0.15, 0.2) is 0 Å². The maximum absolute atomic E-state index is 12.2. The molecule has 2 aromatic carbocycles. The van der Waals surface area contributed by atoms with Crippen LogP contribution in [0.3, 0.4) is 0 Å². The predicted molar refractivity (Wildman–Crippen MR) is 116 cm³/mol. The van der Waals surface area contributed by atoms with E-state index < -0.39 is 23.9 Å². The molecule has 10 heteroatoms. The summed E-state index contributed by atoms with van der Waals surface area (Å²) < 4.78 is 6.15. The molecule has 0 radical (unpaired) electrons. The number of piperidine rings is 1. The normalized spacial score (nSPS) is 16.3. The highest BCUT2D eigenvalue weighted by Gasteiger charge is 2.33. The Hall–Kier alpha value is -4.34. The van der Waals surface area contributed by atoms with Crippen LogP contribution in [0.1, 0.15) is 24.4 Å². The lowest BCUT2D eigenvalue weighted by atomic mass is 10.1. The number of ether oxygens (including phenoxy) is 1. The molecule has 0 bridgehead atoms. The van der Waals surface area contributed by atoms with Crippen LogP contribution in [0.15, 0.2) is 47.5 Å². The largest absolute Gasteiger partial charge is 0.497 e. The zero-order valence-corrected chi connectivity index (χ0v) is 17.0. The fourth-order valence-electron chi connectivity index (χ4n) is 3.65. The van der Waals surface area contributed by atoms with Crippen molar-refractivity contribution in [1.29, 1.82) is 0 Å². The molecule has 2 heterocycles. The minimum atomic E-state index is -0.941. The number of hydrogen-bond acceptors (Lipinski definition) is 6. The van der Waals surface area contributed by atoms with Gasteiger partial charge in [-0.3, -0.25) is 19.5 Å². The maximum Gasteiger partial charge on any atom is 0.345 e. The van der Waals surface area contributed by atoms with Gasteiger partial charge in [-0.25, -0.2) is 9.79 Å². The number of methoxy groups -OCH3 is 1. The minimum Gasteiger partial charge on any atom is -0.497 e. The van der Waals surface area contributed by atoms with Gasteiger partial charge >= 0.3 is 6.03 Å². The number of amides is 4. The average molecular weight is 436 g/mol. The average Bonchev–Trinajstić information content (AvgIpc) is 3.04. The molecule has 0 saturated carbocycles. The van der Waals surface area contributed by atoms with Crippen LogP contribution in [0.25, 0.3) is 10.8 Å². The monoisotopic (exact) mass is 436 g/mol. The van der Waals surface area contributed by atoms with Crippen LogP contribution >= 0.6 is 0 Å². The number of benzene rings is 2. The van der Waals surface area contributed by atoms with Crippen molar-refractivity contribution in [3.8, 4) is 17.5 Å². The van der Waals surface area contributed by atoms with Crippen molar-refractivity contribution in [3.05, 3.63) is 48.0 Å². The third-order valence-electron chi connectivity index (χ3n) is 5.20. The molecule has 4 amide bonds.